The number of benzene rings is 2. The number of carbonyl (C=O) groups excluding carboxylic acids is 2. The van der Waals surface area contributed by atoms with Crippen molar-refractivity contribution in [2.24, 2.45) is 5.92 Å². The molecule has 0 fully saturated rings. The Kier molecular flexibility index (Phi) is 6.78. The fourth-order valence-electron chi connectivity index (χ4n) is 2.58. The topological polar surface area (TPSA) is 58.2 Å². The van der Waals surface area contributed by atoms with Crippen LogP contribution in [0.15, 0.2) is 48.5 Å². The number of hydrogen-bond donors (Lipinski definition) is 2. The summed E-state index contributed by atoms with van der Waals surface area (Å²) in [5.74, 6) is -0.111. The summed E-state index contributed by atoms with van der Waals surface area (Å²) in [5, 5.41) is 5.73. The first-order valence-electron chi connectivity index (χ1n) is 9.45. The van der Waals surface area contributed by atoms with Gasteiger partial charge in [0.25, 0.3) is 0 Å². The molecule has 0 saturated heterocycles. The van der Waals surface area contributed by atoms with E-state index < -0.39 is 0 Å². The van der Waals surface area contributed by atoms with E-state index in [0.29, 0.717) is 12.8 Å². The number of carbonyl (C=O) groups is 2. The minimum absolute atomic E-state index is 0.0196. The zero-order valence-corrected chi connectivity index (χ0v) is 16.9. The maximum absolute atomic E-state index is 12.2. The lowest BCUT2D eigenvalue weighted by molar-refractivity contribution is -0.119. The molecule has 144 valence electrons. The molecule has 0 aliphatic rings. The van der Waals surface area contributed by atoms with E-state index in [-0.39, 0.29) is 23.1 Å². The second-order valence-electron chi connectivity index (χ2n) is 8.22. The third kappa shape index (κ3) is 6.55. The molecular formula is C23H30N2O2. The minimum atomic E-state index is -0.0677. The summed E-state index contributed by atoms with van der Waals surface area (Å²) in [5.41, 5.74) is 4.04. The monoisotopic (exact) mass is 366 g/mol. The zero-order chi connectivity index (χ0) is 20.0. The van der Waals surface area contributed by atoms with Crippen molar-refractivity contribution >= 4 is 23.2 Å². The molecule has 2 N–H and O–H groups in total. The molecular weight excluding hydrogens is 336 g/mol. The predicted octanol–water partition coefficient (Wildman–Crippen LogP) is 5.15. The maximum atomic E-state index is 12.2. The fraction of sp³-hybridized carbons (Fsp3) is 0.391. The number of amides is 2. The van der Waals surface area contributed by atoms with Gasteiger partial charge in [0.15, 0.2) is 0 Å². The number of rotatable bonds is 6. The Bertz CT molecular complexity index is 770. The van der Waals surface area contributed by atoms with Crippen LogP contribution in [0.25, 0.3) is 0 Å². The summed E-state index contributed by atoms with van der Waals surface area (Å²) in [7, 11) is 0. The van der Waals surface area contributed by atoms with E-state index in [1.165, 1.54) is 5.56 Å². The van der Waals surface area contributed by atoms with Gasteiger partial charge in [0.05, 0.1) is 0 Å². The third-order valence-corrected chi connectivity index (χ3v) is 4.42. The summed E-state index contributed by atoms with van der Waals surface area (Å²) < 4.78 is 0. The van der Waals surface area contributed by atoms with Gasteiger partial charge in [0.2, 0.25) is 11.8 Å². The van der Waals surface area contributed by atoms with Gasteiger partial charge in [-0.05, 0) is 47.2 Å². The normalized spacial score (nSPS) is 11.3. The summed E-state index contributed by atoms with van der Waals surface area (Å²) in [6.07, 6.45) is 1.14. The van der Waals surface area contributed by atoms with Crippen molar-refractivity contribution in [3.8, 4) is 0 Å². The quantitative estimate of drug-likeness (QED) is 0.743. The molecule has 0 bridgehead atoms. The largest absolute Gasteiger partial charge is 0.326 e. The number of nitrogens with one attached hydrogen (secondary N) is 2. The SMILES string of the molecule is CC(C)C(=O)Nc1ccc(NC(=O)CCc2ccc(C(C)(C)C)cc2)cc1. The molecule has 2 aromatic carbocycles. The Morgan fingerprint density at radius 2 is 1.37 bits per heavy atom. The Hall–Kier alpha value is -2.62. The Labute approximate surface area is 162 Å². The van der Waals surface area contributed by atoms with Gasteiger partial charge in [-0.2, -0.15) is 0 Å². The van der Waals surface area contributed by atoms with Gasteiger partial charge in [-0.25, -0.2) is 0 Å². The molecule has 0 radical (unpaired) electrons. The van der Waals surface area contributed by atoms with E-state index >= 15 is 0 Å². The molecule has 0 spiro atoms. The number of aryl methyl sites for hydroxylation is 1. The standard InChI is InChI=1S/C23H30N2O2/c1-16(2)22(27)25-20-13-11-19(12-14-20)24-21(26)15-8-17-6-9-18(10-7-17)23(3,4)5/h6-7,9-14,16H,8,15H2,1-5H3,(H,24,26)(H,25,27). The highest BCUT2D eigenvalue weighted by Crippen LogP contribution is 2.22. The molecule has 0 saturated carbocycles. The second kappa shape index (κ2) is 8.85. The minimum Gasteiger partial charge on any atom is -0.326 e. The lowest BCUT2D eigenvalue weighted by Crippen LogP contribution is -2.17. The van der Waals surface area contributed by atoms with Gasteiger partial charge in [0.1, 0.15) is 0 Å². The molecule has 27 heavy (non-hydrogen) atoms. The molecule has 4 heteroatoms. The van der Waals surface area contributed by atoms with Crippen LogP contribution in [0.5, 0.6) is 0 Å². The smallest absolute Gasteiger partial charge is 0.226 e. The molecule has 4 nitrogen and oxygen atoms in total. The lowest BCUT2D eigenvalue weighted by Gasteiger charge is -2.19. The lowest BCUT2D eigenvalue weighted by atomic mass is 9.86. The molecule has 2 rings (SSSR count). The van der Waals surface area contributed by atoms with E-state index in [2.05, 4.69) is 55.7 Å². The number of anilines is 2. The van der Waals surface area contributed by atoms with E-state index in [4.69, 9.17) is 0 Å². The first-order chi connectivity index (χ1) is 12.6. The first-order valence-corrected chi connectivity index (χ1v) is 9.45. The number of hydrogen-bond acceptors (Lipinski definition) is 2. The van der Waals surface area contributed by atoms with Crippen molar-refractivity contribution in [1.82, 2.24) is 0 Å². The van der Waals surface area contributed by atoms with Gasteiger partial charge >= 0.3 is 0 Å². The van der Waals surface area contributed by atoms with Gasteiger partial charge in [-0.15, -0.1) is 0 Å². The maximum Gasteiger partial charge on any atom is 0.226 e. The van der Waals surface area contributed by atoms with Crippen molar-refractivity contribution in [2.45, 2.75) is 52.9 Å². The molecule has 0 heterocycles. The van der Waals surface area contributed by atoms with Crippen molar-refractivity contribution < 1.29 is 9.59 Å². The molecule has 0 aliphatic carbocycles. The van der Waals surface area contributed by atoms with Crippen LogP contribution in [0, 0.1) is 5.92 Å². The summed E-state index contributed by atoms with van der Waals surface area (Å²) in [6, 6.07) is 15.6. The third-order valence-electron chi connectivity index (χ3n) is 4.42. The molecule has 2 aromatic rings. The molecule has 0 unspecified atom stereocenters. The second-order valence-corrected chi connectivity index (χ2v) is 8.22. The van der Waals surface area contributed by atoms with Gasteiger partial charge in [-0.3, -0.25) is 9.59 Å². The van der Waals surface area contributed by atoms with Crippen LogP contribution < -0.4 is 10.6 Å². The van der Waals surface area contributed by atoms with Gasteiger partial charge in [-0.1, -0.05) is 58.9 Å². The van der Waals surface area contributed by atoms with Crippen molar-refractivity contribution in [3.63, 3.8) is 0 Å². The van der Waals surface area contributed by atoms with E-state index in [0.717, 1.165) is 16.9 Å². The highest BCUT2D eigenvalue weighted by molar-refractivity contribution is 5.93. The van der Waals surface area contributed by atoms with Gasteiger partial charge in [0, 0.05) is 23.7 Å². The molecule has 0 aromatic heterocycles. The average Bonchev–Trinajstić information content (AvgIpc) is 2.61. The van der Waals surface area contributed by atoms with Gasteiger partial charge < -0.3 is 10.6 Å². The highest BCUT2D eigenvalue weighted by atomic mass is 16.2. The molecule has 2 amide bonds. The highest BCUT2D eigenvalue weighted by Gasteiger charge is 2.13. The van der Waals surface area contributed by atoms with Crippen LogP contribution in [0.1, 0.15) is 52.2 Å². The molecule has 0 atom stereocenters. The Morgan fingerprint density at radius 3 is 1.85 bits per heavy atom. The summed E-state index contributed by atoms with van der Waals surface area (Å²) >= 11 is 0. The zero-order valence-electron chi connectivity index (χ0n) is 16.9. The molecule has 0 aliphatic heterocycles. The Balaban J connectivity index is 1.84. The van der Waals surface area contributed by atoms with Crippen LogP contribution in [0.4, 0.5) is 11.4 Å². The van der Waals surface area contributed by atoms with Crippen molar-refractivity contribution in [3.05, 3.63) is 59.7 Å². The average molecular weight is 367 g/mol. The summed E-state index contributed by atoms with van der Waals surface area (Å²) in [4.78, 5) is 23.9. The van der Waals surface area contributed by atoms with Crippen LogP contribution in [0.2, 0.25) is 0 Å². The Morgan fingerprint density at radius 1 is 0.852 bits per heavy atom. The van der Waals surface area contributed by atoms with E-state index in [1.807, 2.05) is 13.8 Å². The van der Waals surface area contributed by atoms with Crippen molar-refractivity contribution in [2.75, 3.05) is 10.6 Å². The predicted molar refractivity (Wildman–Crippen MR) is 112 cm³/mol. The van der Waals surface area contributed by atoms with Crippen LogP contribution in [-0.2, 0) is 21.4 Å². The van der Waals surface area contributed by atoms with E-state index in [9.17, 15) is 9.59 Å². The van der Waals surface area contributed by atoms with Crippen LogP contribution >= 0.6 is 0 Å². The fourth-order valence-corrected chi connectivity index (χ4v) is 2.58. The van der Waals surface area contributed by atoms with E-state index in [1.54, 1.807) is 24.3 Å². The summed E-state index contributed by atoms with van der Waals surface area (Å²) in [6.45, 7) is 10.3. The van der Waals surface area contributed by atoms with Crippen LogP contribution in [0.3, 0.4) is 0 Å². The first kappa shape index (κ1) is 20.7. The van der Waals surface area contributed by atoms with Crippen molar-refractivity contribution in [1.29, 1.82) is 0 Å². The van der Waals surface area contributed by atoms with Crippen LogP contribution in [-0.4, -0.2) is 11.8 Å².